The molecule has 6 nitrogen and oxygen atoms in total. The first-order valence-electron chi connectivity index (χ1n) is 8.64. The highest BCUT2D eigenvalue weighted by Crippen LogP contribution is 2.26. The minimum atomic E-state index is -0.239. The van der Waals surface area contributed by atoms with Gasteiger partial charge in [-0.1, -0.05) is 12.1 Å². The zero-order valence-electron chi connectivity index (χ0n) is 14.8. The molecular formula is C19H25N5O. The van der Waals surface area contributed by atoms with Crippen LogP contribution in [0.4, 0.5) is 16.2 Å². The normalized spacial score (nSPS) is 14.0. The number of nitrogens with zero attached hydrogens (tertiary/aromatic N) is 2. The van der Waals surface area contributed by atoms with Crippen molar-refractivity contribution >= 4 is 17.4 Å². The van der Waals surface area contributed by atoms with Crippen LogP contribution in [0.25, 0.3) is 0 Å². The zero-order valence-corrected chi connectivity index (χ0v) is 14.8. The van der Waals surface area contributed by atoms with Crippen LogP contribution in [-0.2, 0) is 13.0 Å². The van der Waals surface area contributed by atoms with E-state index in [0.29, 0.717) is 5.69 Å². The number of aryl methyl sites for hydroxylation is 1. The summed E-state index contributed by atoms with van der Waals surface area (Å²) in [6.45, 7) is 5.88. The van der Waals surface area contributed by atoms with Crippen LogP contribution in [0, 0.1) is 6.92 Å². The summed E-state index contributed by atoms with van der Waals surface area (Å²) in [5.74, 6) is 0. The summed E-state index contributed by atoms with van der Waals surface area (Å²) in [6, 6.07) is 9.60. The van der Waals surface area contributed by atoms with Gasteiger partial charge in [-0.3, -0.25) is 9.88 Å². The van der Waals surface area contributed by atoms with Crippen LogP contribution < -0.4 is 16.0 Å². The van der Waals surface area contributed by atoms with Crippen LogP contribution in [0.1, 0.15) is 16.8 Å². The van der Waals surface area contributed by atoms with E-state index < -0.39 is 0 Å². The van der Waals surface area contributed by atoms with E-state index in [0.717, 1.165) is 44.0 Å². The first-order valence-corrected chi connectivity index (χ1v) is 8.64. The van der Waals surface area contributed by atoms with Crippen molar-refractivity contribution < 1.29 is 4.79 Å². The van der Waals surface area contributed by atoms with Crippen molar-refractivity contribution in [1.82, 2.24) is 15.2 Å². The lowest BCUT2D eigenvalue weighted by molar-refractivity contribution is 0.256. The second-order valence-electron chi connectivity index (χ2n) is 6.34. The van der Waals surface area contributed by atoms with Crippen LogP contribution >= 0.6 is 0 Å². The molecule has 1 aromatic heterocycles. The van der Waals surface area contributed by atoms with E-state index in [1.165, 1.54) is 11.1 Å². The maximum Gasteiger partial charge on any atom is 0.323 e. The van der Waals surface area contributed by atoms with Gasteiger partial charge < -0.3 is 16.0 Å². The van der Waals surface area contributed by atoms with Gasteiger partial charge in [0.1, 0.15) is 0 Å². The van der Waals surface area contributed by atoms with Gasteiger partial charge in [0.15, 0.2) is 0 Å². The Bertz CT molecular complexity index is 729. The molecule has 1 aliphatic rings. The molecule has 0 saturated heterocycles. The summed E-state index contributed by atoms with van der Waals surface area (Å²) >= 11 is 0. The van der Waals surface area contributed by atoms with Crippen molar-refractivity contribution in [3.8, 4) is 0 Å². The van der Waals surface area contributed by atoms with Crippen molar-refractivity contribution in [3.63, 3.8) is 0 Å². The lowest BCUT2D eigenvalue weighted by atomic mass is 9.97. The molecule has 0 spiro atoms. The fourth-order valence-electron chi connectivity index (χ4n) is 3.07. The number of likely N-dealkylation sites (N-methyl/N-ethyl adjacent to an activating group) is 1. The molecule has 3 rings (SSSR count). The predicted molar refractivity (Wildman–Crippen MR) is 101 cm³/mol. The number of carbonyl (C=O) groups is 1. The predicted octanol–water partition coefficient (Wildman–Crippen LogP) is 2.61. The van der Waals surface area contributed by atoms with Gasteiger partial charge in [0.2, 0.25) is 0 Å². The van der Waals surface area contributed by atoms with Crippen molar-refractivity contribution in [1.29, 1.82) is 0 Å². The summed E-state index contributed by atoms with van der Waals surface area (Å²) in [7, 11) is 1.97. The lowest BCUT2D eigenvalue weighted by Gasteiger charge is -2.30. The molecule has 2 aromatic rings. The number of pyridine rings is 1. The van der Waals surface area contributed by atoms with Crippen LogP contribution in [0.5, 0.6) is 0 Å². The summed E-state index contributed by atoms with van der Waals surface area (Å²) in [5.41, 5.74) is 5.03. The number of rotatable bonds is 5. The largest absolute Gasteiger partial charge is 0.323 e. The van der Waals surface area contributed by atoms with Gasteiger partial charge >= 0.3 is 6.03 Å². The summed E-state index contributed by atoms with van der Waals surface area (Å²) in [4.78, 5) is 18.9. The number of hydrogen-bond donors (Lipinski definition) is 3. The second kappa shape index (κ2) is 8.09. The summed E-state index contributed by atoms with van der Waals surface area (Å²) < 4.78 is 0. The standard InChI is InChI=1S/C19H25N5O/c1-14-6-7-16(12-21-14)22-19(25)23-18-5-3-4-15-13-24(11-9-20-2)10-8-17(15)18/h3-7,12,20H,8-11,13H2,1-2H3,(H2,22,23,25). The Kier molecular flexibility index (Phi) is 5.63. The van der Waals surface area contributed by atoms with Gasteiger partial charge in [0, 0.05) is 37.6 Å². The van der Waals surface area contributed by atoms with Gasteiger partial charge in [0.05, 0.1) is 11.9 Å². The quantitative estimate of drug-likeness (QED) is 0.783. The van der Waals surface area contributed by atoms with E-state index >= 15 is 0 Å². The summed E-state index contributed by atoms with van der Waals surface area (Å²) in [5, 5.41) is 9.00. The highest BCUT2D eigenvalue weighted by atomic mass is 16.2. The van der Waals surface area contributed by atoms with Gasteiger partial charge in [0.25, 0.3) is 0 Å². The molecule has 132 valence electrons. The van der Waals surface area contributed by atoms with E-state index in [4.69, 9.17) is 0 Å². The Hall–Kier alpha value is -2.44. The fourth-order valence-corrected chi connectivity index (χ4v) is 3.07. The average molecular weight is 339 g/mol. The Labute approximate surface area is 148 Å². The third-order valence-corrected chi connectivity index (χ3v) is 4.44. The molecular weight excluding hydrogens is 314 g/mol. The molecule has 0 saturated carbocycles. The Balaban J connectivity index is 1.65. The molecule has 2 heterocycles. The molecule has 0 aliphatic carbocycles. The van der Waals surface area contributed by atoms with Crippen molar-refractivity contribution in [2.45, 2.75) is 19.9 Å². The Morgan fingerprint density at radius 1 is 1.24 bits per heavy atom. The molecule has 25 heavy (non-hydrogen) atoms. The van der Waals surface area contributed by atoms with Gasteiger partial charge in [-0.25, -0.2) is 4.79 Å². The number of aromatic nitrogens is 1. The molecule has 1 aromatic carbocycles. The molecule has 0 bridgehead atoms. The number of hydrogen-bond acceptors (Lipinski definition) is 4. The number of amides is 2. The smallest absolute Gasteiger partial charge is 0.318 e. The maximum atomic E-state index is 12.3. The van der Waals surface area contributed by atoms with Gasteiger partial charge in [-0.15, -0.1) is 0 Å². The van der Waals surface area contributed by atoms with Gasteiger partial charge in [-0.2, -0.15) is 0 Å². The van der Waals surface area contributed by atoms with Crippen molar-refractivity contribution in [3.05, 3.63) is 53.3 Å². The zero-order chi connectivity index (χ0) is 17.6. The maximum absolute atomic E-state index is 12.3. The molecule has 3 N–H and O–H groups in total. The number of urea groups is 1. The van der Waals surface area contributed by atoms with Crippen LogP contribution in [0.3, 0.4) is 0 Å². The van der Waals surface area contributed by atoms with E-state index in [2.05, 4.69) is 31.9 Å². The molecule has 0 atom stereocenters. The molecule has 0 radical (unpaired) electrons. The first-order chi connectivity index (χ1) is 12.2. The number of nitrogens with one attached hydrogen (secondary N) is 3. The molecule has 1 aliphatic heterocycles. The van der Waals surface area contributed by atoms with Crippen molar-refractivity contribution in [2.75, 3.05) is 37.3 Å². The van der Waals surface area contributed by atoms with E-state index in [1.807, 2.05) is 38.2 Å². The van der Waals surface area contributed by atoms with E-state index in [1.54, 1.807) is 6.20 Å². The minimum absolute atomic E-state index is 0.239. The highest BCUT2D eigenvalue weighted by molar-refractivity contribution is 6.00. The Morgan fingerprint density at radius 2 is 2.12 bits per heavy atom. The van der Waals surface area contributed by atoms with Crippen molar-refractivity contribution in [2.24, 2.45) is 0 Å². The van der Waals surface area contributed by atoms with Crippen LogP contribution in [0.15, 0.2) is 36.5 Å². The fraction of sp³-hybridized carbons (Fsp3) is 0.368. The Morgan fingerprint density at radius 3 is 2.88 bits per heavy atom. The monoisotopic (exact) mass is 339 g/mol. The lowest BCUT2D eigenvalue weighted by Crippen LogP contribution is -2.35. The molecule has 0 unspecified atom stereocenters. The highest BCUT2D eigenvalue weighted by Gasteiger charge is 2.19. The molecule has 2 amide bonds. The SMILES string of the molecule is CNCCN1CCc2c(cccc2NC(=O)Nc2ccc(C)nc2)C1. The number of fused-ring (bicyclic) bond motifs is 1. The molecule has 6 heteroatoms. The topological polar surface area (TPSA) is 69.3 Å². The van der Waals surface area contributed by atoms with E-state index in [9.17, 15) is 4.79 Å². The molecule has 0 fully saturated rings. The third kappa shape index (κ3) is 4.55. The van der Waals surface area contributed by atoms with Crippen LogP contribution in [0.2, 0.25) is 0 Å². The van der Waals surface area contributed by atoms with Gasteiger partial charge in [-0.05, 0) is 49.7 Å². The average Bonchev–Trinajstić information content (AvgIpc) is 2.62. The number of anilines is 2. The number of benzene rings is 1. The minimum Gasteiger partial charge on any atom is -0.318 e. The first kappa shape index (κ1) is 17.4. The number of carbonyl (C=O) groups excluding carboxylic acids is 1. The van der Waals surface area contributed by atoms with Crippen LogP contribution in [-0.4, -0.2) is 42.6 Å². The van der Waals surface area contributed by atoms with E-state index in [-0.39, 0.29) is 6.03 Å². The second-order valence-corrected chi connectivity index (χ2v) is 6.34. The summed E-state index contributed by atoms with van der Waals surface area (Å²) in [6.07, 6.45) is 2.61. The third-order valence-electron chi connectivity index (χ3n) is 4.44.